The van der Waals surface area contributed by atoms with Gasteiger partial charge in [0.1, 0.15) is 0 Å². The van der Waals surface area contributed by atoms with E-state index < -0.39 is 10.8 Å². The number of thiophene rings is 1. The molecule has 0 spiro atoms. The highest BCUT2D eigenvalue weighted by Gasteiger charge is 2.25. The summed E-state index contributed by atoms with van der Waals surface area (Å²) in [5, 5.41) is 2.15. The fraction of sp³-hybridized carbons (Fsp3) is 0.750. The van der Waals surface area contributed by atoms with Crippen molar-refractivity contribution >= 4 is 22.1 Å². The number of hydrogen-bond donors (Lipinski definition) is 1. The Morgan fingerprint density at radius 2 is 1.60 bits per heavy atom. The molecule has 3 atom stereocenters. The molecular weight excluding hydrogens is 286 g/mol. The Bertz CT molecular complexity index is 391. The van der Waals surface area contributed by atoms with E-state index in [1.54, 1.807) is 11.3 Å². The van der Waals surface area contributed by atoms with Crippen LogP contribution in [0.2, 0.25) is 0 Å². The molecule has 1 aliphatic carbocycles. The van der Waals surface area contributed by atoms with Crippen LogP contribution in [0.4, 0.5) is 0 Å². The van der Waals surface area contributed by atoms with Crippen molar-refractivity contribution < 1.29 is 4.21 Å². The third kappa shape index (κ3) is 4.97. The second-order valence-electron chi connectivity index (χ2n) is 5.84. The van der Waals surface area contributed by atoms with Crippen LogP contribution in [-0.2, 0) is 10.8 Å². The zero-order valence-electron chi connectivity index (χ0n) is 12.3. The first-order chi connectivity index (χ1) is 9.79. The van der Waals surface area contributed by atoms with Gasteiger partial charge in [-0.15, -0.1) is 11.3 Å². The van der Waals surface area contributed by atoms with Crippen LogP contribution in [0.15, 0.2) is 21.7 Å². The predicted octanol–water partition coefficient (Wildman–Crippen LogP) is 4.47. The van der Waals surface area contributed by atoms with Crippen LogP contribution >= 0.6 is 11.3 Å². The average molecular weight is 314 g/mol. The van der Waals surface area contributed by atoms with Gasteiger partial charge in [-0.2, -0.15) is 0 Å². The molecule has 3 unspecified atom stereocenters. The van der Waals surface area contributed by atoms with Crippen molar-refractivity contribution in [3.8, 4) is 0 Å². The second kappa shape index (κ2) is 8.96. The number of rotatable bonds is 2. The molecule has 1 aliphatic rings. The maximum Gasteiger partial charge on any atom is 0.0914 e. The van der Waals surface area contributed by atoms with Gasteiger partial charge in [-0.3, -0.25) is 4.21 Å². The molecule has 2 rings (SSSR count). The van der Waals surface area contributed by atoms with E-state index in [9.17, 15) is 4.21 Å². The van der Waals surface area contributed by atoms with Gasteiger partial charge in [0, 0.05) is 6.04 Å². The van der Waals surface area contributed by atoms with Gasteiger partial charge in [-0.25, -0.2) is 0 Å². The van der Waals surface area contributed by atoms with Crippen LogP contribution in [0.25, 0.3) is 0 Å². The molecule has 1 heterocycles. The quantitative estimate of drug-likeness (QED) is 0.875. The van der Waals surface area contributed by atoms with Gasteiger partial charge in [-0.1, -0.05) is 57.4 Å². The lowest BCUT2D eigenvalue weighted by atomic mass is 9.98. The van der Waals surface area contributed by atoms with Crippen molar-refractivity contribution in [2.75, 3.05) is 0 Å². The lowest BCUT2D eigenvalue weighted by Gasteiger charge is -2.23. The fourth-order valence-corrected chi connectivity index (χ4v) is 5.69. The molecule has 0 amide bonds. The summed E-state index contributed by atoms with van der Waals surface area (Å²) in [6, 6.07) is 4.07. The van der Waals surface area contributed by atoms with Gasteiger partial charge < -0.3 is 5.73 Å². The molecule has 0 bridgehead atoms. The smallest absolute Gasteiger partial charge is 0.0914 e. The lowest BCUT2D eigenvalue weighted by Crippen LogP contribution is -2.37. The number of hydrogen-bond acceptors (Lipinski definition) is 3. The molecule has 0 saturated heterocycles. The molecule has 1 aromatic rings. The topological polar surface area (TPSA) is 43.1 Å². The first kappa shape index (κ1) is 16.2. The normalized spacial score (nSPS) is 28.2. The Morgan fingerprint density at radius 3 is 2.20 bits per heavy atom. The van der Waals surface area contributed by atoms with E-state index in [0.717, 1.165) is 17.1 Å². The Hall–Kier alpha value is -0.190. The zero-order chi connectivity index (χ0) is 14.2. The summed E-state index contributed by atoms with van der Waals surface area (Å²) in [5.74, 6) is 0. The monoisotopic (exact) mass is 313 g/mol. The predicted molar refractivity (Wildman–Crippen MR) is 88.7 cm³/mol. The van der Waals surface area contributed by atoms with Crippen molar-refractivity contribution in [3.63, 3.8) is 0 Å². The maximum absolute atomic E-state index is 12.7. The van der Waals surface area contributed by atoms with E-state index in [0.29, 0.717) is 0 Å². The summed E-state index contributed by atoms with van der Waals surface area (Å²) in [4.78, 5) is 0. The lowest BCUT2D eigenvalue weighted by molar-refractivity contribution is 0.467. The van der Waals surface area contributed by atoms with Crippen molar-refractivity contribution in [2.24, 2.45) is 5.73 Å². The van der Waals surface area contributed by atoms with Gasteiger partial charge in [0.25, 0.3) is 0 Å². The molecule has 4 heteroatoms. The minimum atomic E-state index is -0.918. The summed E-state index contributed by atoms with van der Waals surface area (Å²) < 4.78 is 13.7. The average Bonchev–Trinajstić information content (AvgIpc) is 2.96. The van der Waals surface area contributed by atoms with Crippen LogP contribution in [0.1, 0.15) is 64.2 Å². The van der Waals surface area contributed by atoms with E-state index in [4.69, 9.17) is 5.73 Å². The highest BCUT2D eigenvalue weighted by molar-refractivity contribution is 7.88. The molecule has 1 aromatic heterocycles. The standard InChI is InChI=1S/C16H27NOS2/c17-14-10-7-5-3-1-2-4-6-8-11-15(14)20(18)16-12-9-13-19-16/h9,12-15H,1-8,10-11,17H2. The molecule has 1 saturated carbocycles. The van der Waals surface area contributed by atoms with Crippen LogP contribution in [-0.4, -0.2) is 15.5 Å². The van der Waals surface area contributed by atoms with Gasteiger partial charge in [-0.05, 0) is 24.3 Å². The SMILES string of the molecule is NC1CCCCCCCCCCC1S(=O)c1cccs1. The summed E-state index contributed by atoms with van der Waals surface area (Å²) >= 11 is 1.60. The van der Waals surface area contributed by atoms with E-state index in [1.165, 1.54) is 51.4 Å². The van der Waals surface area contributed by atoms with E-state index in [2.05, 4.69) is 0 Å². The minimum absolute atomic E-state index is 0.0948. The summed E-state index contributed by atoms with van der Waals surface area (Å²) in [5.41, 5.74) is 6.38. The fourth-order valence-electron chi connectivity index (χ4n) is 2.98. The third-order valence-electron chi connectivity index (χ3n) is 4.22. The largest absolute Gasteiger partial charge is 0.327 e. The molecule has 2 nitrogen and oxygen atoms in total. The molecule has 1 fully saturated rings. The van der Waals surface area contributed by atoms with Crippen molar-refractivity contribution in [3.05, 3.63) is 17.5 Å². The molecule has 0 aliphatic heterocycles. The van der Waals surface area contributed by atoms with Gasteiger partial charge >= 0.3 is 0 Å². The first-order valence-electron chi connectivity index (χ1n) is 7.98. The van der Waals surface area contributed by atoms with Crippen molar-refractivity contribution in [1.29, 1.82) is 0 Å². The zero-order valence-corrected chi connectivity index (χ0v) is 13.9. The van der Waals surface area contributed by atoms with Crippen LogP contribution in [0.5, 0.6) is 0 Å². The third-order valence-corrected chi connectivity index (χ3v) is 7.33. The maximum atomic E-state index is 12.7. The molecule has 0 radical (unpaired) electrons. The molecule has 114 valence electrons. The second-order valence-corrected chi connectivity index (χ2v) is 8.68. The van der Waals surface area contributed by atoms with Crippen molar-refractivity contribution in [1.82, 2.24) is 0 Å². The summed E-state index contributed by atoms with van der Waals surface area (Å²) in [6.45, 7) is 0. The highest BCUT2D eigenvalue weighted by Crippen LogP contribution is 2.25. The van der Waals surface area contributed by atoms with Gasteiger partial charge in [0.05, 0.1) is 20.3 Å². The minimum Gasteiger partial charge on any atom is -0.327 e. The Balaban J connectivity index is 1.99. The highest BCUT2D eigenvalue weighted by atomic mass is 32.2. The Labute approximate surface area is 129 Å². The first-order valence-corrected chi connectivity index (χ1v) is 10.1. The Kier molecular flexibility index (Phi) is 7.25. The van der Waals surface area contributed by atoms with Crippen LogP contribution in [0.3, 0.4) is 0 Å². The molecule has 2 N–H and O–H groups in total. The van der Waals surface area contributed by atoms with Gasteiger partial charge in [0.15, 0.2) is 0 Å². The van der Waals surface area contributed by atoms with Crippen LogP contribution in [0, 0.1) is 0 Å². The summed E-state index contributed by atoms with van der Waals surface area (Å²) in [6.07, 6.45) is 12.4. The Morgan fingerprint density at radius 1 is 1.00 bits per heavy atom. The van der Waals surface area contributed by atoms with E-state index in [1.807, 2.05) is 17.5 Å². The van der Waals surface area contributed by atoms with E-state index in [-0.39, 0.29) is 11.3 Å². The van der Waals surface area contributed by atoms with E-state index >= 15 is 0 Å². The molecule has 20 heavy (non-hydrogen) atoms. The van der Waals surface area contributed by atoms with Crippen molar-refractivity contribution in [2.45, 2.75) is 79.7 Å². The van der Waals surface area contributed by atoms with Crippen LogP contribution < -0.4 is 5.73 Å². The number of nitrogens with two attached hydrogens (primary N) is 1. The van der Waals surface area contributed by atoms with Gasteiger partial charge in [0.2, 0.25) is 0 Å². The molecular formula is C16H27NOS2. The molecule has 0 aromatic carbocycles. The summed E-state index contributed by atoms with van der Waals surface area (Å²) in [7, 11) is -0.918.